The Morgan fingerprint density at radius 3 is 2.77 bits per heavy atom. The van der Waals surface area contributed by atoms with E-state index in [-0.39, 0.29) is 0 Å². The zero-order valence-electron chi connectivity index (χ0n) is 14.8. The van der Waals surface area contributed by atoms with Crippen molar-refractivity contribution in [2.75, 3.05) is 26.5 Å². The van der Waals surface area contributed by atoms with E-state index in [2.05, 4.69) is 16.6 Å². The molecule has 7 heteroatoms. The van der Waals surface area contributed by atoms with Crippen LogP contribution < -0.4 is 9.47 Å². The molecular weight excluding hydrogens is 350 g/mol. The molecule has 1 saturated heterocycles. The van der Waals surface area contributed by atoms with Crippen LogP contribution in [0.4, 0.5) is 5.82 Å². The van der Waals surface area contributed by atoms with Crippen LogP contribution >= 0.6 is 11.8 Å². The third kappa shape index (κ3) is 3.40. The average Bonchev–Trinajstić information content (AvgIpc) is 2.99. The molecule has 0 bridgehead atoms. The second kappa shape index (κ2) is 7.80. The van der Waals surface area contributed by atoms with Gasteiger partial charge in [-0.15, -0.1) is 6.58 Å². The lowest BCUT2D eigenvalue weighted by atomic mass is 10.0. The van der Waals surface area contributed by atoms with Crippen LogP contribution in [0.3, 0.4) is 0 Å². The highest BCUT2D eigenvalue weighted by Crippen LogP contribution is 2.42. The molecule has 0 saturated carbocycles. The predicted molar refractivity (Wildman–Crippen MR) is 104 cm³/mol. The van der Waals surface area contributed by atoms with Gasteiger partial charge in [0.25, 0.3) is 0 Å². The summed E-state index contributed by atoms with van der Waals surface area (Å²) in [5.74, 6) is 2.21. The zero-order valence-corrected chi connectivity index (χ0v) is 15.6. The number of nitrogens with zero attached hydrogens (tertiary/aromatic N) is 3. The summed E-state index contributed by atoms with van der Waals surface area (Å²) >= 11 is 1.48. The van der Waals surface area contributed by atoms with Crippen LogP contribution in [-0.2, 0) is 5.72 Å². The summed E-state index contributed by atoms with van der Waals surface area (Å²) in [5, 5.41) is 12.1. The summed E-state index contributed by atoms with van der Waals surface area (Å²) in [6.45, 7) is 4.26. The SMILES string of the molecule is C=CCN1C(=Nc2ccccn2)SCC1(O)c1ccc(OC)c(OC)c1. The van der Waals surface area contributed by atoms with Crippen molar-refractivity contribution >= 4 is 22.7 Å². The number of aliphatic hydroxyl groups is 1. The topological polar surface area (TPSA) is 67.2 Å². The smallest absolute Gasteiger partial charge is 0.176 e. The molecule has 136 valence electrons. The first-order chi connectivity index (χ1) is 12.6. The largest absolute Gasteiger partial charge is 0.493 e. The minimum atomic E-state index is -1.23. The zero-order chi connectivity index (χ0) is 18.6. The Labute approximate surface area is 157 Å². The Hall–Kier alpha value is -2.51. The molecule has 1 fully saturated rings. The van der Waals surface area contributed by atoms with Gasteiger partial charge in [0, 0.05) is 18.3 Å². The number of thioether (sulfide) groups is 1. The fourth-order valence-electron chi connectivity index (χ4n) is 2.77. The molecule has 1 atom stereocenters. The van der Waals surface area contributed by atoms with Crippen molar-refractivity contribution < 1.29 is 14.6 Å². The van der Waals surface area contributed by atoms with Crippen molar-refractivity contribution in [3.8, 4) is 11.5 Å². The summed E-state index contributed by atoms with van der Waals surface area (Å²) in [4.78, 5) is 10.6. The van der Waals surface area contributed by atoms with Gasteiger partial charge in [0.2, 0.25) is 0 Å². The van der Waals surface area contributed by atoms with E-state index in [1.165, 1.54) is 11.8 Å². The van der Waals surface area contributed by atoms with Crippen LogP contribution in [0.1, 0.15) is 5.56 Å². The van der Waals surface area contributed by atoms with E-state index < -0.39 is 5.72 Å². The summed E-state index contributed by atoms with van der Waals surface area (Å²) in [6, 6.07) is 11.0. The first-order valence-corrected chi connectivity index (χ1v) is 9.07. The van der Waals surface area contributed by atoms with E-state index in [0.717, 1.165) is 0 Å². The number of methoxy groups -OCH3 is 2. The Bertz CT molecular complexity index is 813. The molecule has 1 aliphatic heterocycles. The van der Waals surface area contributed by atoms with Crippen LogP contribution in [0.15, 0.2) is 60.2 Å². The molecule has 3 rings (SSSR count). The highest BCUT2D eigenvalue weighted by atomic mass is 32.2. The van der Waals surface area contributed by atoms with Crippen molar-refractivity contribution in [3.05, 3.63) is 60.8 Å². The van der Waals surface area contributed by atoms with E-state index in [1.54, 1.807) is 38.6 Å². The van der Waals surface area contributed by atoms with E-state index in [9.17, 15) is 5.11 Å². The maximum absolute atomic E-state index is 11.4. The normalized spacial score (nSPS) is 21.0. The molecule has 0 amide bonds. The molecule has 1 unspecified atom stereocenters. The molecule has 1 N–H and O–H groups in total. The van der Waals surface area contributed by atoms with Gasteiger partial charge in [0.1, 0.15) is 0 Å². The highest BCUT2D eigenvalue weighted by Gasteiger charge is 2.44. The average molecular weight is 371 g/mol. The molecule has 1 aromatic carbocycles. The van der Waals surface area contributed by atoms with Crippen LogP contribution in [0.25, 0.3) is 0 Å². The second-order valence-electron chi connectivity index (χ2n) is 5.66. The lowest BCUT2D eigenvalue weighted by Crippen LogP contribution is -2.45. The third-order valence-corrected chi connectivity index (χ3v) is 5.21. The number of hydrogen-bond acceptors (Lipinski definition) is 6. The van der Waals surface area contributed by atoms with Gasteiger partial charge in [-0.05, 0) is 24.3 Å². The summed E-state index contributed by atoms with van der Waals surface area (Å²) < 4.78 is 10.7. The monoisotopic (exact) mass is 371 g/mol. The molecule has 0 radical (unpaired) electrons. The summed E-state index contributed by atoms with van der Waals surface area (Å²) in [6.07, 6.45) is 3.43. The first kappa shape index (κ1) is 18.3. The van der Waals surface area contributed by atoms with Crippen LogP contribution in [0.5, 0.6) is 11.5 Å². The molecule has 0 aliphatic carbocycles. The lowest BCUT2D eigenvalue weighted by Gasteiger charge is -2.34. The van der Waals surface area contributed by atoms with Gasteiger partial charge in [-0.1, -0.05) is 30.0 Å². The first-order valence-electron chi connectivity index (χ1n) is 8.08. The second-order valence-corrected chi connectivity index (χ2v) is 6.60. The highest BCUT2D eigenvalue weighted by molar-refractivity contribution is 8.14. The van der Waals surface area contributed by atoms with Crippen LogP contribution in [0.2, 0.25) is 0 Å². The molecule has 1 aliphatic rings. The number of aromatic nitrogens is 1. The minimum Gasteiger partial charge on any atom is -0.493 e. The van der Waals surface area contributed by atoms with Gasteiger partial charge in [-0.3, -0.25) is 0 Å². The molecule has 2 heterocycles. The fourth-order valence-corrected chi connectivity index (χ4v) is 3.96. The van der Waals surface area contributed by atoms with Gasteiger partial charge in [-0.25, -0.2) is 9.98 Å². The fraction of sp³-hybridized carbons (Fsp3) is 0.263. The number of ether oxygens (including phenoxy) is 2. The van der Waals surface area contributed by atoms with Gasteiger partial charge >= 0.3 is 0 Å². The minimum absolute atomic E-state index is 0.433. The molecule has 6 nitrogen and oxygen atoms in total. The van der Waals surface area contributed by atoms with Crippen LogP contribution in [0, 0.1) is 0 Å². The molecule has 1 aromatic heterocycles. The van der Waals surface area contributed by atoms with Crippen molar-refractivity contribution in [3.63, 3.8) is 0 Å². The third-order valence-electron chi connectivity index (χ3n) is 4.10. The quantitative estimate of drug-likeness (QED) is 0.787. The van der Waals surface area contributed by atoms with Crippen LogP contribution in [-0.4, -0.2) is 46.7 Å². The maximum Gasteiger partial charge on any atom is 0.176 e. The molecule has 26 heavy (non-hydrogen) atoms. The number of pyridine rings is 1. The molecule has 0 spiro atoms. The van der Waals surface area contributed by atoms with E-state index in [4.69, 9.17) is 9.47 Å². The molecular formula is C19H21N3O3S. The van der Waals surface area contributed by atoms with Gasteiger partial charge in [0.05, 0.1) is 20.0 Å². The Kier molecular flexibility index (Phi) is 5.49. The summed E-state index contributed by atoms with van der Waals surface area (Å²) in [5.41, 5.74) is -0.526. The standard InChI is InChI=1S/C19H21N3O3S/c1-4-11-22-18(21-17-7-5-6-10-20-17)26-13-19(22,23)14-8-9-15(24-2)16(12-14)25-3/h4-10,12,23H,1,11,13H2,2-3H3. The number of hydrogen-bond donors (Lipinski definition) is 1. The van der Waals surface area contributed by atoms with Gasteiger partial charge in [-0.2, -0.15) is 0 Å². The Balaban J connectivity index is 2.00. The van der Waals surface area contributed by atoms with Gasteiger partial charge < -0.3 is 19.5 Å². The van der Waals surface area contributed by atoms with E-state index >= 15 is 0 Å². The maximum atomic E-state index is 11.4. The summed E-state index contributed by atoms with van der Waals surface area (Å²) in [7, 11) is 3.16. The Morgan fingerprint density at radius 1 is 1.31 bits per heavy atom. The van der Waals surface area contributed by atoms with Crippen molar-refractivity contribution in [2.24, 2.45) is 4.99 Å². The molecule has 2 aromatic rings. The lowest BCUT2D eigenvalue weighted by molar-refractivity contribution is -0.0423. The Morgan fingerprint density at radius 2 is 2.12 bits per heavy atom. The van der Waals surface area contributed by atoms with Crippen molar-refractivity contribution in [2.45, 2.75) is 5.72 Å². The number of amidine groups is 1. The predicted octanol–water partition coefficient (Wildman–Crippen LogP) is 3.17. The van der Waals surface area contributed by atoms with Crippen molar-refractivity contribution in [1.82, 2.24) is 9.88 Å². The van der Waals surface area contributed by atoms with Crippen molar-refractivity contribution in [1.29, 1.82) is 0 Å². The number of benzene rings is 1. The number of aliphatic imine (C=N–C) groups is 1. The van der Waals surface area contributed by atoms with E-state index in [0.29, 0.717) is 40.3 Å². The van der Waals surface area contributed by atoms with E-state index in [1.807, 2.05) is 29.2 Å². The van der Waals surface area contributed by atoms with Gasteiger partial charge in [0.15, 0.2) is 28.2 Å². The number of rotatable bonds is 6.